The zero-order valence-corrected chi connectivity index (χ0v) is 12.9. The van der Waals surface area contributed by atoms with Crippen molar-refractivity contribution in [1.29, 1.82) is 0 Å². The third-order valence-electron chi connectivity index (χ3n) is 4.23. The summed E-state index contributed by atoms with van der Waals surface area (Å²) >= 11 is 0. The number of methoxy groups -OCH3 is 1. The first kappa shape index (κ1) is 15.3. The van der Waals surface area contributed by atoms with Gasteiger partial charge in [0.1, 0.15) is 0 Å². The van der Waals surface area contributed by atoms with E-state index in [0.717, 1.165) is 0 Å². The summed E-state index contributed by atoms with van der Waals surface area (Å²) in [5.74, 6) is 0. The summed E-state index contributed by atoms with van der Waals surface area (Å²) in [6, 6.07) is 9.12. The fourth-order valence-electron chi connectivity index (χ4n) is 2.88. The molecule has 1 unspecified atom stereocenters. The van der Waals surface area contributed by atoms with Gasteiger partial charge in [-0.1, -0.05) is 32.4 Å². The number of hydrogen-bond acceptors (Lipinski definition) is 3. The van der Waals surface area contributed by atoms with Gasteiger partial charge in [0.25, 0.3) is 0 Å². The van der Waals surface area contributed by atoms with Gasteiger partial charge in [0.05, 0.1) is 19.8 Å². The molecule has 0 aliphatic heterocycles. The van der Waals surface area contributed by atoms with E-state index in [0.29, 0.717) is 31.3 Å². The van der Waals surface area contributed by atoms with Gasteiger partial charge in [-0.25, -0.2) is 0 Å². The van der Waals surface area contributed by atoms with Crippen LogP contribution in [-0.2, 0) is 16.1 Å². The largest absolute Gasteiger partial charge is 0.382 e. The van der Waals surface area contributed by atoms with Crippen LogP contribution in [0.15, 0.2) is 24.3 Å². The van der Waals surface area contributed by atoms with Crippen LogP contribution in [0.3, 0.4) is 0 Å². The molecule has 20 heavy (non-hydrogen) atoms. The summed E-state index contributed by atoms with van der Waals surface area (Å²) in [4.78, 5) is 0. The van der Waals surface area contributed by atoms with Crippen LogP contribution in [0.25, 0.3) is 0 Å². The van der Waals surface area contributed by atoms with Crippen molar-refractivity contribution in [3.8, 4) is 0 Å². The molecule has 1 fully saturated rings. The second-order valence-electron chi connectivity index (χ2n) is 6.32. The van der Waals surface area contributed by atoms with Crippen molar-refractivity contribution in [1.82, 2.24) is 0 Å². The Balaban J connectivity index is 1.89. The first-order valence-corrected chi connectivity index (χ1v) is 7.54. The molecule has 0 heterocycles. The zero-order valence-electron chi connectivity index (χ0n) is 12.9. The van der Waals surface area contributed by atoms with Crippen LogP contribution < -0.4 is 5.32 Å². The summed E-state index contributed by atoms with van der Waals surface area (Å²) < 4.78 is 10.6. The summed E-state index contributed by atoms with van der Waals surface area (Å²) in [5.41, 5.74) is 2.81. The molecule has 1 aromatic carbocycles. The maximum Gasteiger partial charge on any atom is 0.0718 e. The summed E-state index contributed by atoms with van der Waals surface area (Å²) in [6.45, 7) is 6.65. The number of benzene rings is 1. The highest BCUT2D eigenvalue weighted by Crippen LogP contribution is 2.39. The van der Waals surface area contributed by atoms with Crippen molar-refractivity contribution in [3.63, 3.8) is 0 Å². The highest BCUT2D eigenvalue weighted by Gasteiger charge is 2.34. The summed E-state index contributed by atoms with van der Waals surface area (Å²) in [6.07, 6.45) is 3.90. The Morgan fingerprint density at radius 2 is 2.15 bits per heavy atom. The van der Waals surface area contributed by atoms with Crippen LogP contribution >= 0.6 is 0 Å². The number of rotatable bonds is 7. The monoisotopic (exact) mass is 277 g/mol. The molecule has 1 atom stereocenters. The maximum atomic E-state index is 5.57. The number of ether oxygens (including phenoxy) is 2. The Labute approximate surface area is 122 Å². The van der Waals surface area contributed by atoms with E-state index in [1.165, 1.54) is 30.5 Å². The van der Waals surface area contributed by atoms with Crippen LogP contribution in [-0.4, -0.2) is 26.4 Å². The van der Waals surface area contributed by atoms with E-state index < -0.39 is 0 Å². The van der Waals surface area contributed by atoms with E-state index in [1.807, 2.05) is 0 Å². The molecule has 0 amide bonds. The summed E-state index contributed by atoms with van der Waals surface area (Å²) in [7, 11) is 1.69. The van der Waals surface area contributed by atoms with Gasteiger partial charge in [-0.05, 0) is 36.0 Å². The third-order valence-corrected chi connectivity index (χ3v) is 4.23. The molecule has 112 valence electrons. The lowest BCUT2D eigenvalue weighted by atomic mass is 9.87. The predicted molar refractivity (Wildman–Crippen MR) is 83.0 cm³/mol. The normalized spacial score (nSPS) is 21.1. The molecule has 0 saturated heterocycles. The van der Waals surface area contributed by atoms with Gasteiger partial charge < -0.3 is 14.8 Å². The summed E-state index contributed by atoms with van der Waals surface area (Å²) in [5, 5.41) is 3.69. The van der Waals surface area contributed by atoms with E-state index >= 15 is 0 Å². The Bertz CT molecular complexity index is 417. The van der Waals surface area contributed by atoms with Crippen molar-refractivity contribution in [2.75, 3.05) is 25.6 Å². The van der Waals surface area contributed by atoms with Gasteiger partial charge in [-0.3, -0.25) is 0 Å². The minimum absolute atomic E-state index is 0.394. The molecule has 0 spiro atoms. The molecule has 1 saturated carbocycles. The van der Waals surface area contributed by atoms with E-state index in [1.54, 1.807) is 7.11 Å². The van der Waals surface area contributed by atoms with E-state index in [2.05, 4.69) is 43.4 Å². The van der Waals surface area contributed by atoms with E-state index in [4.69, 9.17) is 9.47 Å². The molecule has 0 bridgehead atoms. The van der Waals surface area contributed by atoms with Gasteiger partial charge in [-0.2, -0.15) is 0 Å². The molecular weight excluding hydrogens is 250 g/mol. The standard InChI is InChI=1S/C17H27NO2/c1-17(2)9-5-8-16(17)18-15-7-4-6-14(12-15)13-20-11-10-19-3/h4,6-7,12,16,18H,5,8-11,13H2,1-3H3. The van der Waals surface area contributed by atoms with Crippen molar-refractivity contribution in [3.05, 3.63) is 29.8 Å². The zero-order chi connectivity index (χ0) is 14.4. The third kappa shape index (κ3) is 4.22. The molecule has 1 aliphatic rings. The molecular formula is C17H27NO2. The fourth-order valence-corrected chi connectivity index (χ4v) is 2.88. The molecule has 3 heteroatoms. The Morgan fingerprint density at radius 1 is 1.30 bits per heavy atom. The highest BCUT2D eigenvalue weighted by molar-refractivity contribution is 5.47. The lowest BCUT2D eigenvalue weighted by Gasteiger charge is -2.28. The smallest absolute Gasteiger partial charge is 0.0718 e. The minimum atomic E-state index is 0.394. The van der Waals surface area contributed by atoms with Gasteiger partial charge in [-0.15, -0.1) is 0 Å². The highest BCUT2D eigenvalue weighted by atomic mass is 16.5. The topological polar surface area (TPSA) is 30.5 Å². The molecule has 1 aromatic rings. The van der Waals surface area contributed by atoms with Crippen LogP contribution in [0.2, 0.25) is 0 Å². The molecule has 0 aromatic heterocycles. The van der Waals surface area contributed by atoms with Gasteiger partial charge >= 0.3 is 0 Å². The molecule has 1 aliphatic carbocycles. The van der Waals surface area contributed by atoms with Crippen LogP contribution in [0.5, 0.6) is 0 Å². The maximum absolute atomic E-state index is 5.57. The Hall–Kier alpha value is -1.06. The van der Waals surface area contributed by atoms with Crippen LogP contribution in [0.1, 0.15) is 38.7 Å². The number of anilines is 1. The first-order valence-electron chi connectivity index (χ1n) is 7.54. The predicted octanol–water partition coefficient (Wildman–Crippen LogP) is 3.84. The minimum Gasteiger partial charge on any atom is -0.382 e. The quantitative estimate of drug-likeness (QED) is 0.768. The second-order valence-corrected chi connectivity index (χ2v) is 6.32. The number of hydrogen-bond donors (Lipinski definition) is 1. The first-order chi connectivity index (χ1) is 9.62. The average molecular weight is 277 g/mol. The Kier molecular flexibility index (Phi) is 5.44. The SMILES string of the molecule is COCCOCc1cccc(NC2CCCC2(C)C)c1. The molecule has 3 nitrogen and oxygen atoms in total. The average Bonchev–Trinajstić information content (AvgIpc) is 2.75. The Morgan fingerprint density at radius 3 is 2.85 bits per heavy atom. The fraction of sp³-hybridized carbons (Fsp3) is 0.647. The lowest BCUT2D eigenvalue weighted by molar-refractivity contribution is 0.0617. The lowest BCUT2D eigenvalue weighted by Crippen LogP contribution is -2.30. The molecule has 1 N–H and O–H groups in total. The van der Waals surface area contributed by atoms with Gasteiger partial charge in [0.2, 0.25) is 0 Å². The van der Waals surface area contributed by atoms with Gasteiger partial charge in [0, 0.05) is 18.8 Å². The van der Waals surface area contributed by atoms with Crippen molar-refractivity contribution >= 4 is 5.69 Å². The van der Waals surface area contributed by atoms with Crippen molar-refractivity contribution < 1.29 is 9.47 Å². The second kappa shape index (κ2) is 7.09. The van der Waals surface area contributed by atoms with Crippen molar-refractivity contribution in [2.24, 2.45) is 5.41 Å². The van der Waals surface area contributed by atoms with Crippen molar-refractivity contribution in [2.45, 2.75) is 45.8 Å². The van der Waals surface area contributed by atoms with Gasteiger partial charge in [0.15, 0.2) is 0 Å². The van der Waals surface area contributed by atoms with E-state index in [9.17, 15) is 0 Å². The van der Waals surface area contributed by atoms with Crippen LogP contribution in [0.4, 0.5) is 5.69 Å². The van der Waals surface area contributed by atoms with Crippen LogP contribution in [0, 0.1) is 5.41 Å². The molecule has 0 radical (unpaired) electrons. The number of nitrogens with one attached hydrogen (secondary N) is 1. The van der Waals surface area contributed by atoms with E-state index in [-0.39, 0.29) is 0 Å². The molecule has 2 rings (SSSR count).